The third-order valence-electron chi connectivity index (χ3n) is 3.51. The predicted octanol–water partition coefficient (Wildman–Crippen LogP) is 3.18. The van der Waals surface area contributed by atoms with Gasteiger partial charge in [0.2, 0.25) is 0 Å². The number of thioether (sulfide) groups is 1. The number of benzene rings is 1. The highest BCUT2D eigenvalue weighted by Gasteiger charge is 2.16. The summed E-state index contributed by atoms with van der Waals surface area (Å²) in [5, 5.41) is 12.1. The lowest BCUT2D eigenvalue weighted by Gasteiger charge is -2.14. The molecule has 0 aliphatic rings. The molecule has 4 nitrogen and oxygen atoms in total. The van der Waals surface area contributed by atoms with Crippen LogP contribution in [0.5, 0.6) is 0 Å². The number of halogens is 1. The number of hydrogen-bond acceptors (Lipinski definition) is 4. The van der Waals surface area contributed by atoms with Gasteiger partial charge in [0.25, 0.3) is 0 Å². The molecular weight excluding hydrogens is 315 g/mol. The number of aliphatic carboxylic acids is 1. The van der Waals surface area contributed by atoms with Crippen molar-refractivity contribution < 1.29 is 14.3 Å². The van der Waals surface area contributed by atoms with Gasteiger partial charge in [-0.2, -0.15) is 11.8 Å². The third-order valence-corrected chi connectivity index (χ3v) is 4.16. The lowest BCUT2D eigenvalue weighted by molar-refractivity contribution is -0.139. The van der Waals surface area contributed by atoms with E-state index >= 15 is 0 Å². The Bertz CT molecular complexity index is 652. The van der Waals surface area contributed by atoms with Crippen molar-refractivity contribution in [3.63, 3.8) is 0 Å². The Morgan fingerprint density at radius 3 is 2.65 bits per heavy atom. The Kier molecular flexibility index (Phi) is 6.55. The van der Waals surface area contributed by atoms with E-state index in [1.807, 2.05) is 24.5 Å². The SMILES string of the molecule is CSCC[C@@H](NCc1ccc(-c2ccncc2)cc1F)C(=O)O. The lowest BCUT2D eigenvalue weighted by atomic mass is 10.0. The summed E-state index contributed by atoms with van der Waals surface area (Å²) < 4.78 is 14.2. The van der Waals surface area contributed by atoms with Crippen LogP contribution in [-0.4, -0.2) is 34.1 Å². The zero-order chi connectivity index (χ0) is 16.7. The van der Waals surface area contributed by atoms with Crippen molar-refractivity contribution in [3.8, 4) is 11.1 Å². The second kappa shape index (κ2) is 8.64. The molecule has 1 aromatic heterocycles. The van der Waals surface area contributed by atoms with Crippen LogP contribution in [0.25, 0.3) is 11.1 Å². The molecule has 2 rings (SSSR count). The van der Waals surface area contributed by atoms with Crippen LogP contribution >= 0.6 is 11.8 Å². The lowest BCUT2D eigenvalue weighted by Crippen LogP contribution is -2.36. The van der Waals surface area contributed by atoms with E-state index in [2.05, 4.69) is 10.3 Å². The number of pyridine rings is 1. The Morgan fingerprint density at radius 2 is 2.04 bits per heavy atom. The van der Waals surface area contributed by atoms with Gasteiger partial charge in [-0.25, -0.2) is 4.39 Å². The molecule has 23 heavy (non-hydrogen) atoms. The van der Waals surface area contributed by atoms with E-state index < -0.39 is 12.0 Å². The maximum atomic E-state index is 14.2. The summed E-state index contributed by atoms with van der Waals surface area (Å²) in [4.78, 5) is 15.1. The second-order valence-corrected chi connectivity index (χ2v) is 6.08. The van der Waals surface area contributed by atoms with Crippen LogP contribution < -0.4 is 5.32 Å². The van der Waals surface area contributed by atoms with E-state index in [0.29, 0.717) is 12.0 Å². The fraction of sp³-hybridized carbons (Fsp3) is 0.294. The van der Waals surface area contributed by atoms with Gasteiger partial charge < -0.3 is 10.4 Å². The number of hydrogen-bond donors (Lipinski definition) is 2. The smallest absolute Gasteiger partial charge is 0.320 e. The van der Waals surface area contributed by atoms with Gasteiger partial charge in [-0.15, -0.1) is 0 Å². The van der Waals surface area contributed by atoms with E-state index in [1.165, 1.54) is 6.07 Å². The third kappa shape index (κ3) is 5.04. The Balaban J connectivity index is 2.05. The first-order valence-electron chi connectivity index (χ1n) is 7.25. The van der Waals surface area contributed by atoms with Gasteiger partial charge in [0.15, 0.2) is 0 Å². The van der Waals surface area contributed by atoms with Gasteiger partial charge in [0, 0.05) is 24.5 Å². The van der Waals surface area contributed by atoms with Crippen LogP contribution in [0, 0.1) is 5.82 Å². The van der Waals surface area contributed by atoms with E-state index in [4.69, 9.17) is 5.11 Å². The first-order chi connectivity index (χ1) is 11.1. The standard InChI is InChI=1S/C17H19FN2O2S/c1-23-9-6-16(17(21)22)20-11-14-3-2-13(10-15(14)18)12-4-7-19-8-5-12/h2-5,7-8,10,16,20H,6,9,11H2,1H3,(H,21,22)/t16-/m1/s1. The average Bonchev–Trinajstić information content (AvgIpc) is 2.56. The first kappa shape index (κ1) is 17.4. The molecule has 0 saturated heterocycles. The normalized spacial score (nSPS) is 12.1. The summed E-state index contributed by atoms with van der Waals surface area (Å²) in [7, 11) is 0. The van der Waals surface area contributed by atoms with Gasteiger partial charge in [0.1, 0.15) is 11.9 Å². The Morgan fingerprint density at radius 1 is 1.30 bits per heavy atom. The maximum Gasteiger partial charge on any atom is 0.320 e. The average molecular weight is 334 g/mol. The zero-order valence-electron chi connectivity index (χ0n) is 12.8. The van der Waals surface area contributed by atoms with E-state index in [1.54, 1.807) is 30.2 Å². The highest BCUT2D eigenvalue weighted by atomic mass is 32.2. The van der Waals surface area contributed by atoms with Crippen LogP contribution in [0.1, 0.15) is 12.0 Å². The Labute approximate surface area is 139 Å². The highest BCUT2D eigenvalue weighted by Crippen LogP contribution is 2.21. The summed E-state index contributed by atoms with van der Waals surface area (Å²) in [6.45, 7) is 0.188. The minimum absolute atomic E-state index is 0.188. The summed E-state index contributed by atoms with van der Waals surface area (Å²) in [6, 6.07) is 7.94. The molecule has 0 saturated carbocycles. The molecule has 0 aliphatic heterocycles. The van der Waals surface area contributed by atoms with Crippen LogP contribution in [0.4, 0.5) is 4.39 Å². The van der Waals surface area contributed by atoms with Gasteiger partial charge in [0.05, 0.1) is 0 Å². The van der Waals surface area contributed by atoms with Crippen LogP contribution in [-0.2, 0) is 11.3 Å². The van der Waals surface area contributed by atoms with Crippen LogP contribution in [0.3, 0.4) is 0 Å². The molecule has 2 aromatic rings. The van der Waals surface area contributed by atoms with Gasteiger partial charge >= 0.3 is 5.97 Å². The fourth-order valence-corrected chi connectivity index (χ4v) is 2.67. The topological polar surface area (TPSA) is 62.2 Å². The van der Waals surface area contributed by atoms with Crippen molar-refractivity contribution in [2.24, 2.45) is 0 Å². The number of rotatable bonds is 8. The molecule has 1 heterocycles. The van der Waals surface area contributed by atoms with Crippen LogP contribution in [0.15, 0.2) is 42.7 Å². The van der Waals surface area contributed by atoms with Crippen molar-refractivity contribution >= 4 is 17.7 Å². The Hall–Kier alpha value is -1.92. The summed E-state index contributed by atoms with van der Waals surface area (Å²) >= 11 is 1.59. The molecule has 6 heteroatoms. The van der Waals surface area contributed by atoms with E-state index in [-0.39, 0.29) is 12.4 Å². The van der Waals surface area contributed by atoms with Crippen molar-refractivity contribution in [2.45, 2.75) is 19.0 Å². The van der Waals surface area contributed by atoms with Crippen molar-refractivity contribution in [1.29, 1.82) is 0 Å². The van der Waals surface area contributed by atoms with Gasteiger partial charge in [-0.05, 0) is 47.8 Å². The van der Waals surface area contributed by atoms with Crippen LogP contribution in [0.2, 0.25) is 0 Å². The van der Waals surface area contributed by atoms with E-state index in [0.717, 1.165) is 16.9 Å². The minimum atomic E-state index is -0.909. The molecule has 0 fully saturated rings. The van der Waals surface area contributed by atoms with Crippen molar-refractivity contribution in [1.82, 2.24) is 10.3 Å². The van der Waals surface area contributed by atoms with Gasteiger partial charge in [-0.1, -0.05) is 12.1 Å². The van der Waals surface area contributed by atoms with E-state index in [9.17, 15) is 9.18 Å². The quantitative estimate of drug-likeness (QED) is 0.776. The number of carboxylic acid groups (broad SMARTS) is 1. The monoisotopic (exact) mass is 334 g/mol. The number of nitrogens with zero attached hydrogens (tertiary/aromatic N) is 1. The summed E-state index contributed by atoms with van der Waals surface area (Å²) in [5.74, 6) is -0.512. The molecule has 0 unspecified atom stereocenters. The molecule has 122 valence electrons. The molecule has 2 N–H and O–H groups in total. The molecule has 1 aromatic carbocycles. The number of carboxylic acids is 1. The number of aromatic nitrogens is 1. The summed E-state index contributed by atoms with van der Waals surface area (Å²) in [5.41, 5.74) is 2.12. The zero-order valence-corrected chi connectivity index (χ0v) is 13.6. The maximum absolute atomic E-state index is 14.2. The minimum Gasteiger partial charge on any atom is -0.480 e. The number of nitrogens with one attached hydrogen (secondary N) is 1. The molecule has 1 atom stereocenters. The molecule has 0 aliphatic carbocycles. The molecule has 0 amide bonds. The largest absolute Gasteiger partial charge is 0.480 e. The predicted molar refractivity (Wildman–Crippen MR) is 90.9 cm³/mol. The highest BCUT2D eigenvalue weighted by molar-refractivity contribution is 7.98. The van der Waals surface area contributed by atoms with Crippen molar-refractivity contribution in [3.05, 3.63) is 54.1 Å². The second-order valence-electron chi connectivity index (χ2n) is 5.10. The summed E-state index contributed by atoms with van der Waals surface area (Å²) in [6.07, 6.45) is 5.75. The molecule has 0 bridgehead atoms. The first-order valence-corrected chi connectivity index (χ1v) is 8.65. The number of carbonyl (C=O) groups is 1. The molecule has 0 radical (unpaired) electrons. The van der Waals surface area contributed by atoms with Crippen molar-refractivity contribution in [2.75, 3.05) is 12.0 Å². The fourth-order valence-electron chi connectivity index (χ4n) is 2.20. The molecule has 0 spiro atoms. The molecular formula is C17H19FN2O2S. The van der Waals surface area contributed by atoms with Gasteiger partial charge in [-0.3, -0.25) is 9.78 Å².